The lowest BCUT2D eigenvalue weighted by molar-refractivity contribution is 0.221. The number of rotatable bonds is 4. The monoisotopic (exact) mass is 272 g/mol. The highest BCUT2D eigenvalue weighted by Crippen LogP contribution is 2.16. The largest absolute Gasteiger partial charge is 0.314 e. The Balaban J connectivity index is 1.51. The summed E-state index contributed by atoms with van der Waals surface area (Å²) in [6, 6.07) is 10.1. The Kier molecular flexibility index (Phi) is 5.10. The highest BCUT2D eigenvalue weighted by molar-refractivity contribution is 5.23. The smallest absolute Gasteiger partial charge is 0.0233 e. The SMILES string of the molecule is c1cc(CN2CCCCC2)ccc1CC1CCCCN1. The van der Waals surface area contributed by atoms with E-state index in [-0.39, 0.29) is 0 Å². The van der Waals surface area contributed by atoms with Gasteiger partial charge in [0.2, 0.25) is 0 Å². The normalized spacial score (nSPS) is 24.7. The van der Waals surface area contributed by atoms with E-state index in [0.717, 1.165) is 6.54 Å². The number of benzene rings is 1. The summed E-state index contributed by atoms with van der Waals surface area (Å²) < 4.78 is 0. The van der Waals surface area contributed by atoms with Crippen molar-refractivity contribution >= 4 is 0 Å². The van der Waals surface area contributed by atoms with E-state index in [0.29, 0.717) is 6.04 Å². The van der Waals surface area contributed by atoms with Crippen LogP contribution in [0, 0.1) is 0 Å². The summed E-state index contributed by atoms with van der Waals surface area (Å²) in [6.07, 6.45) is 9.47. The van der Waals surface area contributed by atoms with Crippen molar-refractivity contribution in [3.05, 3.63) is 35.4 Å². The summed E-state index contributed by atoms with van der Waals surface area (Å²) in [6.45, 7) is 4.92. The number of nitrogens with zero attached hydrogens (tertiary/aromatic N) is 1. The van der Waals surface area contributed by atoms with Gasteiger partial charge in [-0.15, -0.1) is 0 Å². The first-order chi connectivity index (χ1) is 9.90. The Labute approximate surface area is 123 Å². The summed E-state index contributed by atoms with van der Waals surface area (Å²) in [7, 11) is 0. The third-order valence-corrected chi connectivity index (χ3v) is 4.77. The fourth-order valence-electron chi connectivity index (χ4n) is 3.54. The van der Waals surface area contributed by atoms with Crippen LogP contribution in [-0.4, -0.2) is 30.6 Å². The highest BCUT2D eigenvalue weighted by Gasteiger charge is 2.13. The minimum Gasteiger partial charge on any atom is -0.314 e. The van der Waals surface area contributed by atoms with E-state index in [2.05, 4.69) is 34.5 Å². The van der Waals surface area contributed by atoms with Gasteiger partial charge in [0.25, 0.3) is 0 Å². The predicted molar refractivity (Wildman–Crippen MR) is 84.9 cm³/mol. The van der Waals surface area contributed by atoms with Crippen molar-refractivity contribution in [1.82, 2.24) is 10.2 Å². The minimum absolute atomic E-state index is 0.705. The highest BCUT2D eigenvalue weighted by atomic mass is 15.1. The topological polar surface area (TPSA) is 15.3 Å². The maximum atomic E-state index is 3.64. The Hall–Kier alpha value is -0.860. The number of hydrogen-bond donors (Lipinski definition) is 1. The fourth-order valence-corrected chi connectivity index (χ4v) is 3.54. The summed E-state index contributed by atoms with van der Waals surface area (Å²) in [5, 5.41) is 3.64. The Morgan fingerprint density at radius 3 is 2.35 bits per heavy atom. The zero-order valence-electron chi connectivity index (χ0n) is 12.6. The van der Waals surface area contributed by atoms with Crippen molar-refractivity contribution in [2.24, 2.45) is 0 Å². The van der Waals surface area contributed by atoms with Gasteiger partial charge in [0.15, 0.2) is 0 Å². The molecule has 0 amide bonds. The first-order valence-electron chi connectivity index (χ1n) is 8.44. The van der Waals surface area contributed by atoms with Crippen molar-refractivity contribution in [1.29, 1.82) is 0 Å². The van der Waals surface area contributed by atoms with Crippen molar-refractivity contribution in [3.63, 3.8) is 0 Å². The van der Waals surface area contributed by atoms with Crippen LogP contribution in [0.3, 0.4) is 0 Å². The van der Waals surface area contributed by atoms with E-state index < -0.39 is 0 Å². The summed E-state index contributed by atoms with van der Waals surface area (Å²) in [5.41, 5.74) is 2.97. The average Bonchev–Trinajstić information content (AvgIpc) is 2.51. The maximum absolute atomic E-state index is 3.64. The van der Waals surface area contributed by atoms with Gasteiger partial charge in [0, 0.05) is 12.6 Å². The van der Waals surface area contributed by atoms with Crippen LogP contribution in [0.4, 0.5) is 0 Å². The quantitative estimate of drug-likeness (QED) is 0.904. The molecule has 2 aliphatic heterocycles. The molecular formula is C18H28N2. The lowest BCUT2D eigenvalue weighted by atomic mass is 9.97. The molecule has 2 fully saturated rings. The van der Waals surface area contributed by atoms with Crippen LogP contribution in [0.15, 0.2) is 24.3 Å². The molecule has 2 heteroatoms. The predicted octanol–water partition coefficient (Wildman–Crippen LogP) is 3.36. The third kappa shape index (κ3) is 4.07. The molecule has 1 aromatic rings. The molecule has 0 radical (unpaired) electrons. The molecule has 2 aliphatic rings. The standard InChI is InChI=1S/C18H28N2/c1-4-12-20(13-5-1)15-17-9-7-16(8-10-17)14-18-6-2-3-11-19-18/h7-10,18-19H,1-6,11-15H2. The molecular weight excluding hydrogens is 244 g/mol. The molecule has 2 saturated heterocycles. The minimum atomic E-state index is 0.705. The van der Waals surface area contributed by atoms with Crippen LogP contribution in [0.25, 0.3) is 0 Å². The van der Waals surface area contributed by atoms with Crippen LogP contribution < -0.4 is 5.32 Å². The fraction of sp³-hybridized carbons (Fsp3) is 0.667. The Morgan fingerprint density at radius 1 is 0.900 bits per heavy atom. The maximum Gasteiger partial charge on any atom is 0.0233 e. The summed E-state index contributed by atoms with van der Waals surface area (Å²) in [4.78, 5) is 2.60. The molecule has 110 valence electrons. The first kappa shape index (κ1) is 14.1. The zero-order valence-corrected chi connectivity index (χ0v) is 12.6. The second-order valence-corrected chi connectivity index (χ2v) is 6.50. The molecule has 1 aromatic carbocycles. The molecule has 3 rings (SSSR count). The average molecular weight is 272 g/mol. The second kappa shape index (κ2) is 7.24. The van der Waals surface area contributed by atoms with Gasteiger partial charge in [-0.3, -0.25) is 4.90 Å². The van der Waals surface area contributed by atoms with Gasteiger partial charge < -0.3 is 5.32 Å². The number of hydrogen-bond acceptors (Lipinski definition) is 2. The Bertz CT molecular complexity index is 347. The molecule has 2 nitrogen and oxygen atoms in total. The molecule has 1 atom stereocenters. The van der Waals surface area contributed by atoms with Gasteiger partial charge in [-0.05, 0) is 62.9 Å². The lowest BCUT2D eigenvalue weighted by Crippen LogP contribution is -2.35. The van der Waals surface area contributed by atoms with Crippen LogP contribution in [0.5, 0.6) is 0 Å². The van der Waals surface area contributed by atoms with Gasteiger partial charge in [0.1, 0.15) is 0 Å². The number of likely N-dealkylation sites (tertiary alicyclic amines) is 1. The molecule has 0 aliphatic carbocycles. The van der Waals surface area contributed by atoms with Crippen LogP contribution in [0.2, 0.25) is 0 Å². The van der Waals surface area contributed by atoms with Crippen LogP contribution >= 0.6 is 0 Å². The van der Waals surface area contributed by atoms with Gasteiger partial charge in [-0.25, -0.2) is 0 Å². The van der Waals surface area contributed by atoms with E-state index in [1.807, 2.05) is 0 Å². The van der Waals surface area contributed by atoms with E-state index in [9.17, 15) is 0 Å². The number of nitrogens with one attached hydrogen (secondary N) is 1. The van der Waals surface area contributed by atoms with Crippen molar-refractivity contribution < 1.29 is 0 Å². The number of piperidine rings is 2. The first-order valence-corrected chi connectivity index (χ1v) is 8.44. The zero-order chi connectivity index (χ0) is 13.6. The third-order valence-electron chi connectivity index (χ3n) is 4.77. The van der Waals surface area contributed by atoms with E-state index in [4.69, 9.17) is 0 Å². The summed E-state index contributed by atoms with van der Waals surface area (Å²) in [5.74, 6) is 0. The Morgan fingerprint density at radius 2 is 1.65 bits per heavy atom. The molecule has 0 spiro atoms. The summed E-state index contributed by atoms with van der Waals surface area (Å²) >= 11 is 0. The molecule has 2 heterocycles. The van der Waals surface area contributed by atoms with Gasteiger partial charge >= 0.3 is 0 Å². The van der Waals surface area contributed by atoms with Crippen molar-refractivity contribution in [2.45, 2.75) is 57.5 Å². The molecule has 20 heavy (non-hydrogen) atoms. The van der Waals surface area contributed by atoms with E-state index >= 15 is 0 Å². The molecule has 1 N–H and O–H groups in total. The lowest BCUT2D eigenvalue weighted by Gasteiger charge is -2.26. The van der Waals surface area contributed by atoms with Crippen LogP contribution in [-0.2, 0) is 13.0 Å². The molecule has 0 bridgehead atoms. The van der Waals surface area contributed by atoms with Gasteiger partial charge in [-0.1, -0.05) is 37.1 Å². The molecule has 0 saturated carbocycles. The molecule has 0 aromatic heterocycles. The second-order valence-electron chi connectivity index (χ2n) is 6.50. The van der Waals surface area contributed by atoms with Crippen molar-refractivity contribution in [2.75, 3.05) is 19.6 Å². The van der Waals surface area contributed by atoms with Gasteiger partial charge in [-0.2, -0.15) is 0 Å². The van der Waals surface area contributed by atoms with E-state index in [1.54, 1.807) is 0 Å². The molecule has 1 unspecified atom stereocenters. The van der Waals surface area contributed by atoms with Crippen LogP contribution in [0.1, 0.15) is 49.7 Å². The van der Waals surface area contributed by atoms with Crippen molar-refractivity contribution in [3.8, 4) is 0 Å². The van der Waals surface area contributed by atoms with Gasteiger partial charge in [0.05, 0.1) is 0 Å². The van der Waals surface area contributed by atoms with E-state index in [1.165, 1.54) is 75.7 Å².